The van der Waals surface area contributed by atoms with Crippen molar-refractivity contribution < 1.29 is 9.53 Å². The number of carbonyl (C=O) groups excluding carboxylic acids is 1. The molecule has 3 aromatic rings. The molecule has 2 saturated carbocycles. The molecule has 8 heteroatoms. The molecule has 4 heterocycles. The fraction of sp³-hybridized carbons (Fsp3) is 0.440. The van der Waals surface area contributed by atoms with Gasteiger partial charge in [-0.3, -0.25) is 14.7 Å². The molecule has 2 aliphatic carbocycles. The average molecular weight is 445 g/mol. The van der Waals surface area contributed by atoms with Crippen LogP contribution in [0.2, 0.25) is 0 Å². The van der Waals surface area contributed by atoms with E-state index >= 15 is 0 Å². The Balaban J connectivity index is 1.15. The molecule has 2 unspecified atom stereocenters. The summed E-state index contributed by atoms with van der Waals surface area (Å²) >= 11 is 0. The number of pyridine rings is 3. The number of ether oxygens (including phenoxy) is 1. The zero-order chi connectivity index (χ0) is 22.7. The fourth-order valence-electron chi connectivity index (χ4n) is 5.74. The maximum absolute atomic E-state index is 13.0. The van der Waals surface area contributed by atoms with Gasteiger partial charge in [-0.1, -0.05) is 0 Å². The molecule has 8 nitrogen and oxygen atoms in total. The topological polar surface area (TPSA) is 106 Å². The Bertz CT molecular complexity index is 1230. The van der Waals surface area contributed by atoms with Crippen LogP contribution >= 0.6 is 0 Å². The highest BCUT2D eigenvalue weighted by Crippen LogP contribution is 2.59. The third-order valence-corrected chi connectivity index (χ3v) is 7.76. The molecular formula is C25H28N6O2. The smallest absolute Gasteiger partial charge is 0.229 e. The van der Waals surface area contributed by atoms with Gasteiger partial charge in [-0.2, -0.15) is 0 Å². The molecule has 0 spiro atoms. The maximum Gasteiger partial charge on any atom is 0.229 e. The molecule has 3 fully saturated rings. The standard InChI is InChI=1S/C25H28N6O2/c1-13-3-4-27-9-19(13)21-5-14-6-22(28-10-20(14)24(26)29-21)30-25(32)23-17-7-15(8-18(17)23)31-11-16(12-31)33-2/h3-6,9-10,15-18,23H,7-8,11-12H2,1-2H3,(H2,26,29)(H,28,30,32). The Kier molecular flexibility index (Phi) is 4.81. The summed E-state index contributed by atoms with van der Waals surface area (Å²) in [5, 5.41) is 4.71. The van der Waals surface area contributed by atoms with Gasteiger partial charge in [0.15, 0.2) is 0 Å². The van der Waals surface area contributed by atoms with Gasteiger partial charge in [-0.15, -0.1) is 0 Å². The second-order valence-electron chi connectivity index (χ2n) is 9.65. The number of nitrogens with one attached hydrogen (secondary N) is 1. The summed E-state index contributed by atoms with van der Waals surface area (Å²) < 4.78 is 5.39. The predicted molar refractivity (Wildman–Crippen MR) is 126 cm³/mol. The maximum atomic E-state index is 13.0. The third-order valence-electron chi connectivity index (χ3n) is 7.76. The van der Waals surface area contributed by atoms with Crippen LogP contribution in [-0.2, 0) is 9.53 Å². The number of amides is 1. The average Bonchev–Trinajstić information content (AvgIpc) is 3.28. The number of carbonyl (C=O) groups is 1. The lowest BCUT2D eigenvalue weighted by Crippen LogP contribution is -2.55. The summed E-state index contributed by atoms with van der Waals surface area (Å²) in [6.07, 6.45) is 7.85. The van der Waals surface area contributed by atoms with E-state index in [1.165, 1.54) is 0 Å². The number of nitrogens with zero attached hydrogens (tertiary/aromatic N) is 4. The Hall–Kier alpha value is -3.10. The third kappa shape index (κ3) is 3.54. The number of aryl methyl sites for hydroxylation is 1. The highest BCUT2D eigenvalue weighted by molar-refractivity contribution is 5.98. The summed E-state index contributed by atoms with van der Waals surface area (Å²) in [5.74, 6) is 2.15. The molecule has 33 heavy (non-hydrogen) atoms. The molecule has 2 atom stereocenters. The molecule has 3 aliphatic rings. The number of methoxy groups -OCH3 is 1. The van der Waals surface area contributed by atoms with Crippen LogP contribution in [0.5, 0.6) is 0 Å². The van der Waals surface area contributed by atoms with Crippen molar-refractivity contribution in [3.8, 4) is 11.3 Å². The van der Waals surface area contributed by atoms with Crippen molar-refractivity contribution in [2.45, 2.75) is 31.9 Å². The van der Waals surface area contributed by atoms with Crippen LogP contribution in [0.25, 0.3) is 22.0 Å². The number of nitrogens with two attached hydrogens (primary N) is 1. The van der Waals surface area contributed by atoms with E-state index in [0.717, 1.165) is 53.5 Å². The van der Waals surface area contributed by atoms with Gasteiger partial charge in [-0.05, 0) is 60.7 Å². The molecule has 3 N–H and O–H groups in total. The van der Waals surface area contributed by atoms with Gasteiger partial charge in [0.05, 0.1) is 11.8 Å². The fourth-order valence-corrected chi connectivity index (χ4v) is 5.74. The highest BCUT2D eigenvalue weighted by atomic mass is 16.5. The van der Waals surface area contributed by atoms with E-state index in [2.05, 4.69) is 25.2 Å². The van der Waals surface area contributed by atoms with Crippen LogP contribution < -0.4 is 11.1 Å². The second-order valence-corrected chi connectivity index (χ2v) is 9.65. The van der Waals surface area contributed by atoms with Gasteiger partial charge in [0.1, 0.15) is 11.6 Å². The number of aromatic nitrogens is 3. The van der Waals surface area contributed by atoms with Crippen molar-refractivity contribution in [1.82, 2.24) is 19.9 Å². The lowest BCUT2D eigenvalue weighted by Gasteiger charge is -2.43. The number of nitrogen functional groups attached to an aromatic ring is 1. The SMILES string of the molecule is COC1CN(C2CC3C(C2)C3C(=O)Nc2cc3cc(-c4cnccc4C)nc(N)c3cn2)C1. The number of hydrogen-bond donors (Lipinski definition) is 2. The first kappa shape index (κ1) is 20.5. The van der Waals surface area contributed by atoms with Gasteiger partial charge in [0.2, 0.25) is 5.91 Å². The van der Waals surface area contributed by atoms with E-state index in [9.17, 15) is 4.79 Å². The van der Waals surface area contributed by atoms with E-state index in [-0.39, 0.29) is 11.8 Å². The van der Waals surface area contributed by atoms with Crippen LogP contribution in [0, 0.1) is 24.7 Å². The zero-order valence-electron chi connectivity index (χ0n) is 18.9. The van der Waals surface area contributed by atoms with E-state index in [1.54, 1.807) is 25.7 Å². The lowest BCUT2D eigenvalue weighted by atomic mass is 10.0. The molecule has 0 radical (unpaired) electrons. The molecule has 3 aromatic heterocycles. The van der Waals surface area contributed by atoms with E-state index < -0.39 is 0 Å². The van der Waals surface area contributed by atoms with E-state index in [1.807, 2.05) is 25.1 Å². The molecule has 6 rings (SSSR count). The summed E-state index contributed by atoms with van der Waals surface area (Å²) in [5.41, 5.74) is 8.99. The van der Waals surface area contributed by atoms with Crippen molar-refractivity contribution in [2.75, 3.05) is 31.2 Å². The Morgan fingerprint density at radius 3 is 2.73 bits per heavy atom. The summed E-state index contributed by atoms with van der Waals surface area (Å²) in [4.78, 5) is 28.6. The summed E-state index contributed by atoms with van der Waals surface area (Å²) in [6, 6.07) is 6.42. The van der Waals surface area contributed by atoms with Crippen molar-refractivity contribution in [3.63, 3.8) is 0 Å². The monoisotopic (exact) mass is 444 g/mol. The molecule has 170 valence electrons. The minimum atomic E-state index is 0.0824. The Labute approximate surface area is 192 Å². The van der Waals surface area contributed by atoms with Crippen LogP contribution in [0.4, 0.5) is 11.6 Å². The molecule has 1 saturated heterocycles. The van der Waals surface area contributed by atoms with Crippen molar-refractivity contribution in [3.05, 3.63) is 42.4 Å². The number of hydrogen-bond acceptors (Lipinski definition) is 7. The molecular weight excluding hydrogens is 416 g/mol. The number of rotatable bonds is 5. The summed E-state index contributed by atoms with van der Waals surface area (Å²) in [7, 11) is 1.78. The predicted octanol–water partition coefficient (Wildman–Crippen LogP) is 2.88. The van der Waals surface area contributed by atoms with Crippen molar-refractivity contribution in [1.29, 1.82) is 0 Å². The Morgan fingerprint density at radius 1 is 1.21 bits per heavy atom. The first-order valence-electron chi connectivity index (χ1n) is 11.6. The first-order valence-corrected chi connectivity index (χ1v) is 11.6. The van der Waals surface area contributed by atoms with Gasteiger partial charge in [0, 0.05) is 61.7 Å². The van der Waals surface area contributed by atoms with Gasteiger partial charge in [-0.25, -0.2) is 9.97 Å². The van der Waals surface area contributed by atoms with E-state index in [4.69, 9.17) is 10.5 Å². The zero-order valence-corrected chi connectivity index (χ0v) is 18.9. The van der Waals surface area contributed by atoms with Crippen LogP contribution in [0.1, 0.15) is 18.4 Å². The molecule has 0 bridgehead atoms. The van der Waals surface area contributed by atoms with Gasteiger partial charge in [0.25, 0.3) is 0 Å². The number of fused-ring (bicyclic) bond motifs is 2. The normalized spacial score (nSPS) is 26.7. The first-order chi connectivity index (χ1) is 16.0. The molecule has 1 aliphatic heterocycles. The minimum Gasteiger partial charge on any atom is -0.383 e. The van der Waals surface area contributed by atoms with Crippen LogP contribution in [0.3, 0.4) is 0 Å². The highest BCUT2D eigenvalue weighted by Gasteiger charge is 2.60. The van der Waals surface area contributed by atoms with Gasteiger partial charge >= 0.3 is 0 Å². The minimum absolute atomic E-state index is 0.0824. The quantitative estimate of drug-likeness (QED) is 0.623. The van der Waals surface area contributed by atoms with Crippen LogP contribution in [0.15, 0.2) is 36.8 Å². The van der Waals surface area contributed by atoms with Crippen LogP contribution in [-0.4, -0.2) is 58.1 Å². The summed E-state index contributed by atoms with van der Waals surface area (Å²) in [6.45, 7) is 4.07. The molecule has 1 amide bonds. The number of likely N-dealkylation sites (tertiary alicyclic amines) is 1. The Morgan fingerprint density at radius 2 is 2.00 bits per heavy atom. The number of anilines is 2. The largest absolute Gasteiger partial charge is 0.383 e. The second kappa shape index (κ2) is 7.74. The van der Waals surface area contributed by atoms with Crippen molar-refractivity contribution in [2.24, 2.45) is 17.8 Å². The lowest BCUT2D eigenvalue weighted by molar-refractivity contribution is -0.118. The molecule has 0 aromatic carbocycles. The van der Waals surface area contributed by atoms with Gasteiger partial charge < -0.3 is 15.8 Å². The van der Waals surface area contributed by atoms with Crippen molar-refractivity contribution >= 4 is 28.3 Å². The van der Waals surface area contributed by atoms with E-state index in [0.29, 0.717) is 35.6 Å².